The molecule has 0 bridgehead atoms. The molecule has 1 N–H and O–H groups in total. The number of carbonyl (C=O) groups excluding carboxylic acids is 1. The predicted molar refractivity (Wildman–Crippen MR) is 105 cm³/mol. The number of carbonyl (C=O) groups is 1. The number of benzene rings is 2. The second kappa shape index (κ2) is 8.96. The van der Waals surface area contributed by atoms with Crippen molar-refractivity contribution in [3.63, 3.8) is 0 Å². The lowest BCUT2D eigenvalue weighted by molar-refractivity contribution is 0.0950. The minimum atomic E-state index is -0.920. The monoisotopic (exact) mass is 372 g/mol. The molecule has 138 valence electrons. The molecule has 1 fully saturated rings. The van der Waals surface area contributed by atoms with Gasteiger partial charge in [-0.15, -0.1) is 0 Å². The second-order valence-electron chi connectivity index (χ2n) is 6.37. The minimum Gasteiger partial charge on any atom is -0.378 e. The average Bonchev–Trinajstić information content (AvgIpc) is 2.67. The molecule has 1 saturated heterocycles. The van der Waals surface area contributed by atoms with Gasteiger partial charge in [0.25, 0.3) is 5.91 Å². The Morgan fingerprint density at radius 2 is 1.85 bits per heavy atom. The van der Waals surface area contributed by atoms with E-state index in [1.807, 2.05) is 24.3 Å². The van der Waals surface area contributed by atoms with Gasteiger partial charge in [0.1, 0.15) is 0 Å². The molecule has 2 aromatic carbocycles. The highest BCUT2D eigenvalue weighted by Crippen LogP contribution is 2.16. The third-order valence-corrected chi connectivity index (χ3v) is 5.06. The SMILES string of the molecule is C[S@](=O)Cc1cccc(C(=O)NCc2ccc(N3CCOCC3)cc2)c1. The fraction of sp³-hybridized carbons (Fsp3) is 0.350. The number of hydrogen-bond donors (Lipinski definition) is 1. The fourth-order valence-corrected chi connectivity index (χ4v) is 3.62. The molecule has 5 nitrogen and oxygen atoms in total. The van der Waals surface area contributed by atoms with Crippen molar-refractivity contribution in [1.29, 1.82) is 0 Å². The lowest BCUT2D eigenvalue weighted by atomic mass is 10.1. The van der Waals surface area contributed by atoms with Crippen molar-refractivity contribution in [2.24, 2.45) is 0 Å². The third kappa shape index (κ3) is 5.16. The number of ether oxygens (including phenoxy) is 1. The number of hydrogen-bond acceptors (Lipinski definition) is 4. The van der Waals surface area contributed by atoms with Gasteiger partial charge in [0, 0.05) is 53.7 Å². The fourth-order valence-electron chi connectivity index (χ4n) is 2.97. The van der Waals surface area contributed by atoms with Crippen molar-refractivity contribution in [3.05, 3.63) is 65.2 Å². The lowest BCUT2D eigenvalue weighted by Crippen LogP contribution is -2.36. The van der Waals surface area contributed by atoms with E-state index in [1.165, 1.54) is 5.69 Å². The Labute approximate surface area is 156 Å². The Morgan fingerprint density at radius 1 is 1.12 bits per heavy atom. The van der Waals surface area contributed by atoms with E-state index < -0.39 is 10.8 Å². The molecular formula is C20H24N2O3S. The molecule has 1 aliphatic rings. The lowest BCUT2D eigenvalue weighted by Gasteiger charge is -2.28. The predicted octanol–water partition coefficient (Wildman–Crippen LogP) is 2.33. The molecule has 0 saturated carbocycles. The van der Waals surface area contributed by atoms with Gasteiger partial charge in [-0.05, 0) is 35.4 Å². The van der Waals surface area contributed by atoms with Crippen LogP contribution in [0.5, 0.6) is 0 Å². The number of morpholine rings is 1. The van der Waals surface area contributed by atoms with Crippen LogP contribution in [0.3, 0.4) is 0 Å². The summed E-state index contributed by atoms with van der Waals surface area (Å²) in [7, 11) is -0.920. The number of nitrogens with zero attached hydrogens (tertiary/aromatic N) is 1. The molecule has 6 heteroatoms. The standard InChI is InChI=1S/C20H24N2O3S/c1-26(24)15-17-3-2-4-18(13-17)20(23)21-14-16-5-7-19(8-6-16)22-9-11-25-12-10-22/h2-8,13H,9-12,14-15H2,1H3,(H,21,23)/t26-/m0/s1. The Kier molecular flexibility index (Phi) is 6.41. The van der Waals surface area contributed by atoms with E-state index in [1.54, 1.807) is 18.4 Å². The zero-order valence-corrected chi connectivity index (χ0v) is 15.8. The molecule has 0 aromatic heterocycles. The summed E-state index contributed by atoms with van der Waals surface area (Å²) in [6.45, 7) is 3.83. The summed E-state index contributed by atoms with van der Waals surface area (Å²) in [5, 5.41) is 2.95. The molecule has 0 spiro atoms. The molecule has 1 atom stereocenters. The van der Waals surface area contributed by atoms with E-state index >= 15 is 0 Å². The largest absolute Gasteiger partial charge is 0.378 e. The van der Waals surface area contributed by atoms with Crippen LogP contribution in [0.15, 0.2) is 48.5 Å². The van der Waals surface area contributed by atoms with Gasteiger partial charge in [0.05, 0.1) is 13.2 Å². The number of amides is 1. The van der Waals surface area contributed by atoms with Crippen LogP contribution in [0, 0.1) is 0 Å². The van der Waals surface area contributed by atoms with Crippen LogP contribution >= 0.6 is 0 Å². The first-order valence-corrected chi connectivity index (χ1v) is 10.4. The van der Waals surface area contributed by atoms with E-state index in [0.717, 1.165) is 37.4 Å². The van der Waals surface area contributed by atoms with Gasteiger partial charge >= 0.3 is 0 Å². The minimum absolute atomic E-state index is 0.119. The summed E-state index contributed by atoms with van der Waals surface area (Å²) in [5.41, 5.74) is 3.75. The van der Waals surface area contributed by atoms with Crippen molar-refractivity contribution in [3.8, 4) is 0 Å². The first-order valence-electron chi connectivity index (χ1n) is 8.70. The molecule has 2 aromatic rings. The maximum absolute atomic E-state index is 12.4. The van der Waals surface area contributed by atoms with Gasteiger partial charge in [-0.25, -0.2) is 0 Å². The van der Waals surface area contributed by atoms with Crippen LogP contribution in [0.2, 0.25) is 0 Å². The van der Waals surface area contributed by atoms with E-state index in [-0.39, 0.29) is 5.91 Å². The van der Waals surface area contributed by atoms with Crippen LogP contribution in [0.4, 0.5) is 5.69 Å². The van der Waals surface area contributed by atoms with E-state index in [0.29, 0.717) is 17.9 Å². The Hall–Kier alpha value is -2.18. The van der Waals surface area contributed by atoms with E-state index in [4.69, 9.17) is 4.74 Å². The molecule has 0 unspecified atom stereocenters. The summed E-state index contributed by atoms with van der Waals surface area (Å²) in [5.74, 6) is 0.343. The van der Waals surface area contributed by atoms with Crippen molar-refractivity contribution >= 4 is 22.4 Å². The van der Waals surface area contributed by atoms with Crippen LogP contribution in [0.25, 0.3) is 0 Å². The van der Waals surface area contributed by atoms with Crippen molar-refractivity contribution in [1.82, 2.24) is 5.32 Å². The van der Waals surface area contributed by atoms with Crippen molar-refractivity contribution < 1.29 is 13.7 Å². The highest BCUT2D eigenvalue weighted by molar-refractivity contribution is 7.83. The van der Waals surface area contributed by atoms with E-state index in [9.17, 15) is 9.00 Å². The van der Waals surface area contributed by atoms with Crippen LogP contribution in [-0.2, 0) is 27.8 Å². The quantitative estimate of drug-likeness (QED) is 0.846. The highest BCUT2D eigenvalue weighted by atomic mass is 32.2. The summed E-state index contributed by atoms with van der Waals surface area (Å²) in [6.07, 6.45) is 1.66. The average molecular weight is 372 g/mol. The van der Waals surface area contributed by atoms with Crippen molar-refractivity contribution in [2.45, 2.75) is 12.3 Å². The topological polar surface area (TPSA) is 58.6 Å². The maximum Gasteiger partial charge on any atom is 0.251 e. The maximum atomic E-state index is 12.4. The Balaban J connectivity index is 1.56. The molecular weight excluding hydrogens is 348 g/mol. The molecule has 0 aliphatic carbocycles. The van der Waals surface area contributed by atoms with Gasteiger partial charge in [-0.3, -0.25) is 9.00 Å². The normalized spacial score (nSPS) is 15.5. The summed E-state index contributed by atoms with van der Waals surface area (Å²) >= 11 is 0. The Morgan fingerprint density at radius 3 is 2.54 bits per heavy atom. The van der Waals surface area contributed by atoms with Crippen LogP contribution in [0.1, 0.15) is 21.5 Å². The smallest absolute Gasteiger partial charge is 0.251 e. The molecule has 0 radical (unpaired) electrons. The molecule has 1 heterocycles. The molecule has 1 amide bonds. The summed E-state index contributed by atoms with van der Waals surface area (Å²) in [4.78, 5) is 14.7. The molecule has 1 aliphatic heterocycles. The van der Waals surface area contributed by atoms with E-state index in [2.05, 4.69) is 22.3 Å². The summed E-state index contributed by atoms with van der Waals surface area (Å²) < 4.78 is 16.7. The molecule has 3 rings (SSSR count). The van der Waals surface area contributed by atoms with Crippen LogP contribution < -0.4 is 10.2 Å². The number of anilines is 1. The van der Waals surface area contributed by atoms with Gasteiger partial charge in [0.2, 0.25) is 0 Å². The van der Waals surface area contributed by atoms with Gasteiger partial charge in [-0.1, -0.05) is 24.3 Å². The molecule has 26 heavy (non-hydrogen) atoms. The second-order valence-corrected chi connectivity index (χ2v) is 7.80. The highest BCUT2D eigenvalue weighted by Gasteiger charge is 2.11. The van der Waals surface area contributed by atoms with Crippen molar-refractivity contribution in [2.75, 3.05) is 37.5 Å². The van der Waals surface area contributed by atoms with Gasteiger partial charge in [0.15, 0.2) is 0 Å². The zero-order valence-electron chi connectivity index (χ0n) is 14.9. The number of rotatable bonds is 6. The van der Waals surface area contributed by atoms with Gasteiger partial charge < -0.3 is 15.0 Å². The Bertz CT molecular complexity index is 771. The number of nitrogens with one attached hydrogen (secondary N) is 1. The van der Waals surface area contributed by atoms with Gasteiger partial charge in [-0.2, -0.15) is 0 Å². The first-order chi connectivity index (χ1) is 12.6. The first kappa shape index (κ1) is 18.6. The zero-order chi connectivity index (χ0) is 18.4. The third-order valence-electron chi connectivity index (χ3n) is 4.32. The van der Waals surface area contributed by atoms with Crippen LogP contribution in [-0.4, -0.2) is 42.7 Å². The summed E-state index contributed by atoms with van der Waals surface area (Å²) in [6, 6.07) is 15.6.